The first kappa shape index (κ1) is 20.2. The third kappa shape index (κ3) is 4.00. The quantitative estimate of drug-likeness (QED) is 0.494. The zero-order valence-corrected chi connectivity index (χ0v) is 15.0. The molecule has 13 heteroatoms. The molecule has 9 nitrogen and oxygen atoms in total. The van der Waals surface area contributed by atoms with Gasteiger partial charge in [-0.1, -0.05) is 24.3 Å². The first-order valence-corrected chi connectivity index (χ1v) is 9.63. The minimum Gasteiger partial charge on any atom is -1.00 e. The number of fused-ring (bicyclic) bond motifs is 1. The second-order valence-electron chi connectivity index (χ2n) is 4.18. The van der Waals surface area contributed by atoms with Crippen LogP contribution in [0.15, 0.2) is 45.0 Å². The molecule has 23 heavy (non-hydrogen) atoms. The summed E-state index contributed by atoms with van der Waals surface area (Å²) in [7, 11) is -15.8. The Morgan fingerprint density at radius 1 is 0.739 bits per heavy atom. The maximum atomic E-state index is 11.5. The summed E-state index contributed by atoms with van der Waals surface area (Å²) in [5, 5.41) is -0.430. The molecule has 0 spiro atoms. The number of rotatable bonds is 3. The molecule has 0 radical (unpaired) electrons. The van der Waals surface area contributed by atoms with Crippen molar-refractivity contribution in [2.24, 2.45) is 0 Å². The van der Waals surface area contributed by atoms with E-state index in [2.05, 4.69) is 0 Å². The molecule has 0 aliphatic carbocycles. The summed E-state index contributed by atoms with van der Waals surface area (Å²) in [4.78, 5) is -4.31. The number of hydrogen-bond donors (Lipinski definition) is 3. The molecule has 0 saturated carbocycles. The minimum absolute atomic E-state index is 0. The fourth-order valence-corrected chi connectivity index (χ4v) is 5.37. The van der Waals surface area contributed by atoms with Crippen molar-refractivity contribution >= 4 is 64.2 Å². The molecule has 124 valence electrons. The Balaban J connectivity index is 0. The van der Waals surface area contributed by atoms with Crippen LogP contribution in [-0.2, 0) is 30.4 Å². The van der Waals surface area contributed by atoms with E-state index >= 15 is 0 Å². The van der Waals surface area contributed by atoms with Crippen molar-refractivity contribution in [2.45, 2.75) is 14.7 Å². The van der Waals surface area contributed by atoms with Crippen LogP contribution >= 0.6 is 0 Å². The summed E-state index contributed by atoms with van der Waals surface area (Å²) in [5.74, 6) is 0. The van der Waals surface area contributed by atoms with Crippen molar-refractivity contribution < 1.29 is 41.8 Å². The summed E-state index contributed by atoms with van der Waals surface area (Å²) < 4.78 is 96.0. The van der Waals surface area contributed by atoms with Crippen LogP contribution in [0.4, 0.5) is 0 Å². The van der Waals surface area contributed by atoms with E-state index in [1.807, 2.05) is 0 Å². The summed E-state index contributed by atoms with van der Waals surface area (Å²) in [6.45, 7) is 0. The van der Waals surface area contributed by atoms with E-state index in [0.717, 1.165) is 6.07 Å². The molecule has 2 rings (SSSR count). The largest absolute Gasteiger partial charge is 2.00 e. The number of benzene rings is 2. The topological polar surface area (TPSA) is 163 Å². The minimum atomic E-state index is -5.40. The zero-order valence-electron chi connectivity index (χ0n) is 13.1. The molecule has 2 aromatic carbocycles. The molecule has 0 unspecified atom stereocenters. The Hall–Kier alpha value is -0.804. The number of hydrogen-bond acceptors (Lipinski definition) is 6. The molecule has 0 aliphatic rings. The van der Waals surface area contributed by atoms with Gasteiger partial charge < -0.3 is 2.85 Å². The van der Waals surface area contributed by atoms with E-state index in [1.165, 1.54) is 18.2 Å². The monoisotopic (exact) mass is 394 g/mol. The average molecular weight is 395 g/mol. The van der Waals surface area contributed by atoms with E-state index in [1.54, 1.807) is 0 Å². The predicted molar refractivity (Wildman–Crippen MR) is 81.4 cm³/mol. The van der Waals surface area contributed by atoms with Gasteiger partial charge in [0.05, 0.1) is 0 Å². The van der Waals surface area contributed by atoms with Gasteiger partial charge >= 0.3 is 23.1 Å². The Kier molecular flexibility index (Phi) is 5.50. The summed E-state index contributed by atoms with van der Waals surface area (Å²) in [5.41, 5.74) is 0. The molecule has 0 saturated heterocycles. The van der Waals surface area contributed by atoms with E-state index in [0.29, 0.717) is 6.07 Å². The second kappa shape index (κ2) is 6.25. The van der Waals surface area contributed by atoms with Crippen molar-refractivity contribution in [3.8, 4) is 0 Å². The third-order valence-corrected chi connectivity index (χ3v) is 5.73. The smallest absolute Gasteiger partial charge is 1.00 e. The second-order valence-corrected chi connectivity index (χ2v) is 8.29. The predicted octanol–water partition coefficient (Wildman–Crippen LogP) is 0.424. The van der Waals surface area contributed by atoms with Crippen LogP contribution in [0.1, 0.15) is 2.85 Å². The van der Waals surface area contributed by atoms with Gasteiger partial charge in [-0.3, -0.25) is 13.7 Å². The summed E-state index contributed by atoms with van der Waals surface area (Å²) in [6, 6.07) is 5.69. The van der Waals surface area contributed by atoms with Gasteiger partial charge in [-0.05, 0) is 11.5 Å². The van der Waals surface area contributed by atoms with Gasteiger partial charge in [0, 0.05) is 5.39 Å². The molecule has 0 heterocycles. The van der Waals surface area contributed by atoms with Gasteiger partial charge in [0.2, 0.25) is 0 Å². The van der Waals surface area contributed by atoms with Gasteiger partial charge in [0.25, 0.3) is 30.4 Å². The molecule has 0 aromatic heterocycles. The molecule has 0 atom stereocenters. The SMILES string of the molecule is O=S(=O)(O)c1cc2ccccc2c(S(=O)(=O)O)c1S(=O)(=O)O.[H-].[H-].[Mg+2]. The van der Waals surface area contributed by atoms with E-state index < -0.39 is 45.0 Å². The van der Waals surface area contributed by atoms with Gasteiger partial charge in [0.15, 0.2) is 0 Å². The zero-order chi connectivity index (χ0) is 16.9. The molecular formula is C10H10MgO9S3. The summed E-state index contributed by atoms with van der Waals surface area (Å²) in [6.07, 6.45) is 0. The van der Waals surface area contributed by atoms with Gasteiger partial charge in [-0.25, -0.2) is 0 Å². The van der Waals surface area contributed by atoms with Crippen molar-refractivity contribution in [2.75, 3.05) is 0 Å². The van der Waals surface area contributed by atoms with Crippen LogP contribution in [-0.4, -0.2) is 62.0 Å². The van der Waals surface area contributed by atoms with Crippen molar-refractivity contribution in [3.63, 3.8) is 0 Å². The van der Waals surface area contributed by atoms with Crippen LogP contribution in [0.5, 0.6) is 0 Å². The maximum absolute atomic E-state index is 11.5. The Bertz CT molecular complexity index is 1100. The van der Waals surface area contributed by atoms with Crippen LogP contribution in [0.3, 0.4) is 0 Å². The van der Waals surface area contributed by atoms with E-state index in [9.17, 15) is 29.8 Å². The summed E-state index contributed by atoms with van der Waals surface area (Å²) >= 11 is 0. The van der Waals surface area contributed by atoms with E-state index in [4.69, 9.17) is 9.11 Å². The molecule has 0 fully saturated rings. The van der Waals surface area contributed by atoms with Gasteiger partial charge in [-0.2, -0.15) is 25.3 Å². The molecule has 0 aliphatic heterocycles. The Labute approximate surface area is 150 Å². The Morgan fingerprint density at radius 3 is 1.65 bits per heavy atom. The molecule has 2 aromatic rings. The van der Waals surface area contributed by atoms with Crippen LogP contribution in [0.25, 0.3) is 10.8 Å². The van der Waals surface area contributed by atoms with Crippen molar-refractivity contribution in [1.82, 2.24) is 0 Å². The van der Waals surface area contributed by atoms with Crippen LogP contribution < -0.4 is 0 Å². The molecular weight excluding hydrogens is 385 g/mol. The normalized spacial score (nSPS) is 12.8. The average Bonchev–Trinajstić information content (AvgIpc) is 2.33. The molecule has 0 bridgehead atoms. The fraction of sp³-hybridized carbons (Fsp3) is 0. The Morgan fingerprint density at radius 2 is 1.22 bits per heavy atom. The first-order chi connectivity index (χ1) is 9.83. The van der Waals surface area contributed by atoms with Crippen LogP contribution in [0.2, 0.25) is 0 Å². The first-order valence-electron chi connectivity index (χ1n) is 5.31. The van der Waals surface area contributed by atoms with E-state index in [-0.39, 0.29) is 36.7 Å². The standard InChI is InChI=1S/C10H8O9S3.Mg.2H/c11-20(12,13)8-5-6-3-1-2-4-7(6)9(21(14,15)16)10(8)22(17,18)19;;;/h1-5H,(H,11,12,13)(H,14,15,16)(H,17,18,19);;;/q;+2;2*-1. The van der Waals surface area contributed by atoms with Crippen LogP contribution in [0, 0.1) is 0 Å². The van der Waals surface area contributed by atoms with Crippen molar-refractivity contribution in [1.29, 1.82) is 0 Å². The molecule has 0 amide bonds. The van der Waals surface area contributed by atoms with Gasteiger partial charge in [-0.15, -0.1) is 0 Å². The fourth-order valence-electron chi connectivity index (χ4n) is 1.96. The maximum Gasteiger partial charge on any atom is 2.00 e. The molecule has 3 N–H and O–H groups in total. The van der Waals surface area contributed by atoms with Gasteiger partial charge in [0.1, 0.15) is 14.7 Å². The van der Waals surface area contributed by atoms with Crippen molar-refractivity contribution in [3.05, 3.63) is 30.3 Å². The third-order valence-electron chi connectivity index (χ3n) is 2.72.